The molecule has 108 valence electrons. The van der Waals surface area contributed by atoms with Gasteiger partial charge in [-0.25, -0.2) is 18.1 Å². The second-order valence-electron chi connectivity index (χ2n) is 4.56. The van der Waals surface area contributed by atoms with Gasteiger partial charge in [0.15, 0.2) is 0 Å². The lowest BCUT2D eigenvalue weighted by molar-refractivity contribution is 0.568. The molecule has 3 N–H and O–H groups in total. The highest BCUT2D eigenvalue weighted by Gasteiger charge is 2.22. The summed E-state index contributed by atoms with van der Waals surface area (Å²) in [6.45, 7) is 5.58. The molecule has 0 aliphatic rings. The average Bonchev–Trinajstić information content (AvgIpc) is 2.68. The number of nitrogen functional groups attached to an aromatic ring is 1. The van der Waals surface area contributed by atoms with Crippen LogP contribution in [0.1, 0.15) is 28.5 Å². The van der Waals surface area contributed by atoms with E-state index in [-0.39, 0.29) is 16.6 Å². The van der Waals surface area contributed by atoms with Gasteiger partial charge in [-0.1, -0.05) is 12.1 Å². The molecule has 7 heteroatoms. The van der Waals surface area contributed by atoms with Gasteiger partial charge >= 0.3 is 0 Å². The van der Waals surface area contributed by atoms with Crippen molar-refractivity contribution in [3.63, 3.8) is 0 Å². The molecule has 0 fully saturated rings. The van der Waals surface area contributed by atoms with E-state index in [2.05, 4.69) is 9.71 Å². The molecular weight excluding hydrogens is 294 g/mol. The van der Waals surface area contributed by atoms with Crippen LogP contribution >= 0.6 is 11.3 Å². The molecule has 1 aromatic heterocycles. The van der Waals surface area contributed by atoms with Gasteiger partial charge in [-0.2, -0.15) is 0 Å². The number of anilines is 1. The van der Waals surface area contributed by atoms with Crippen molar-refractivity contribution in [2.75, 3.05) is 5.73 Å². The van der Waals surface area contributed by atoms with Crippen LogP contribution in [0.4, 0.5) is 5.69 Å². The van der Waals surface area contributed by atoms with Crippen molar-refractivity contribution in [3.8, 4) is 0 Å². The van der Waals surface area contributed by atoms with Crippen LogP contribution < -0.4 is 10.5 Å². The van der Waals surface area contributed by atoms with Gasteiger partial charge in [0.25, 0.3) is 0 Å². The van der Waals surface area contributed by atoms with Gasteiger partial charge in [-0.15, -0.1) is 11.3 Å². The van der Waals surface area contributed by atoms with Crippen LogP contribution in [-0.2, 0) is 10.0 Å². The molecule has 0 aliphatic heterocycles. The molecule has 0 bridgehead atoms. The highest BCUT2D eigenvalue weighted by molar-refractivity contribution is 7.89. The van der Waals surface area contributed by atoms with Crippen LogP contribution in [0, 0.1) is 13.8 Å². The Morgan fingerprint density at radius 2 is 1.95 bits per heavy atom. The molecule has 2 aromatic rings. The summed E-state index contributed by atoms with van der Waals surface area (Å²) in [6, 6.07) is 6.08. The van der Waals surface area contributed by atoms with Crippen molar-refractivity contribution in [1.82, 2.24) is 9.71 Å². The number of nitrogens with one attached hydrogen (secondary N) is 1. The first-order valence-electron chi connectivity index (χ1n) is 6.12. The standard InChI is InChI=1S/C13H17N3O2S2/c1-8-13(19-10(3)15-8)9(2)16-20(17,18)12-7-5-4-6-11(12)14/h4-7,9,16H,14H2,1-3H3. The van der Waals surface area contributed by atoms with Gasteiger partial charge in [-0.3, -0.25) is 0 Å². The molecule has 1 heterocycles. The molecule has 0 saturated carbocycles. The summed E-state index contributed by atoms with van der Waals surface area (Å²) >= 11 is 1.49. The number of hydrogen-bond acceptors (Lipinski definition) is 5. The number of thiazole rings is 1. The predicted octanol–water partition coefficient (Wildman–Crippen LogP) is 2.38. The monoisotopic (exact) mass is 311 g/mol. The zero-order valence-corrected chi connectivity index (χ0v) is 13.2. The maximum Gasteiger partial charge on any atom is 0.243 e. The maximum absolute atomic E-state index is 12.3. The van der Waals surface area contributed by atoms with Gasteiger partial charge < -0.3 is 5.73 Å². The first-order chi connectivity index (χ1) is 9.31. The second-order valence-corrected chi connectivity index (χ2v) is 7.48. The van der Waals surface area contributed by atoms with Crippen LogP contribution in [0.15, 0.2) is 29.2 Å². The topological polar surface area (TPSA) is 85.1 Å². The van der Waals surface area contributed by atoms with E-state index in [0.29, 0.717) is 0 Å². The van der Waals surface area contributed by atoms with Gasteiger partial charge in [0, 0.05) is 4.88 Å². The number of para-hydroxylation sites is 1. The molecule has 20 heavy (non-hydrogen) atoms. The Morgan fingerprint density at radius 3 is 2.50 bits per heavy atom. The van der Waals surface area contributed by atoms with Crippen molar-refractivity contribution in [3.05, 3.63) is 39.8 Å². The molecular formula is C13H17N3O2S2. The zero-order valence-electron chi connectivity index (χ0n) is 11.5. The van der Waals surface area contributed by atoms with Gasteiger partial charge in [-0.05, 0) is 32.9 Å². The molecule has 5 nitrogen and oxygen atoms in total. The Labute approximate surface area is 122 Å². The Bertz CT molecular complexity index is 723. The van der Waals surface area contributed by atoms with Crippen molar-refractivity contribution >= 4 is 27.0 Å². The van der Waals surface area contributed by atoms with Crippen LogP contribution in [-0.4, -0.2) is 13.4 Å². The molecule has 2 rings (SSSR count). The normalized spacial score (nSPS) is 13.3. The third-order valence-corrected chi connectivity index (χ3v) is 5.74. The van der Waals surface area contributed by atoms with Gasteiger partial charge in [0.1, 0.15) is 4.90 Å². The van der Waals surface area contributed by atoms with E-state index in [1.54, 1.807) is 25.1 Å². The molecule has 1 aromatic carbocycles. The number of hydrogen-bond donors (Lipinski definition) is 2. The first kappa shape index (κ1) is 15.0. The third kappa shape index (κ3) is 3.00. The number of aromatic nitrogens is 1. The lowest BCUT2D eigenvalue weighted by Crippen LogP contribution is -2.27. The van der Waals surface area contributed by atoms with Gasteiger partial charge in [0.2, 0.25) is 10.0 Å². The highest BCUT2D eigenvalue weighted by atomic mass is 32.2. The summed E-state index contributed by atoms with van der Waals surface area (Å²) in [5.41, 5.74) is 6.82. The molecule has 0 radical (unpaired) electrons. The van der Waals surface area contributed by atoms with Gasteiger partial charge in [0.05, 0.1) is 22.4 Å². The summed E-state index contributed by atoms with van der Waals surface area (Å²) in [5, 5.41) is 0.919. The third-order valence-electron chi connectivity index (χ3n) is 2.87. The molecule has 0 aliphatic carbocycles. The Kier molecular flexibility index (Phi) is 4.12. The number of sulfonamides is 1. The van der Waals surface area contributed by atoms with Crippen molar-refractivity contribution in [2.45, 2.75) is 31.7 Å². The van der Waals surface area contributed by atoms with E-state index in [1.807, 2.05) is 13.8 Å². The molecule has 1 atom stereocenters. The Hall–Kier alpha value is -1.44. The van der Waals surface area contributed by atoms with Crippen LogP contribution in [0.2, 0.25) is 0 Å². The number of nitrogens with two attached hydrogens (primary N) is 1. The van der Waals surface area contributed by atoms with E-state index in [9.17, 15) is 8.42 Å². The number of aryl methyl sites for hydroxylation is 2. The highest BCUT2D eigenvalue weighted by Crippen LogP contribution is 2.27. The summed E-state index contributed by atoms with van der Waals surface area (Å²) in [4.78, 5) is 5.33. The van der Waals surface area contributed by atoms with E-state index >= 15 is 0 Å². The number of rotatable bonds is 4. The lowest BCUT2D eigenvalue weighted by atomic mass is 10.2. The largest absolute Gasteiger partial charge is 0.398 e. The SMILES string of the molecule is Cc1nc(C)c(C(C)NS(=O)(=O)c2ccccc2N)s1. The van der Waals surface area contributed by atoms with Crippen LogP contribution in [0.3, 0.4) is 0 Å². The van der Waals surface area contributed by atoms with Crippen molar-refractivity contribution < 1.29 is 8.42 Å². The summed E-state index contributed by atoms with van der Waals surface area (Å²) in [7, 11) is -3.64. The Morgan fingerprint density at radius 1 is 1.30 bits per heavy atom. The zero-order chi connectivity index (χ0) is 14.9. The summed E-state index contributed by atoms with van der Waals surface area (Å²) in [6.07, 6.45) is 0. The number of nitrogens with zero attached hydrogens (tertiary/aromatic N) is 1. The van der Waals surface area contributed by atoms with Crippen LogP contribution in [0.25, 0.3) is 0 Å². The lowest BCUT2D eigenvalue weighted by Gasteiger charge is -2.14. The molecule has 0 saturated heterocycles. The quantitative estimate of drug-likeness (QED) is 0.849. The van der Waals surface area contributed by atoms with E-state index in [1.165, 1.54) is 17.4 Å². The van der Waals surface area contributed by atoms with Crippen molar-refractivity contribution in [1.29, 1.82) is 0 Å². The minimum Gasteiger partial charge on any atom is -0.398 e. The maximum atomic E-state index is 12.3. The minimum atomic E-state index is -3.64. The fourth-order valence-corrected chi connectivity index (χ4v) is 4.37. The fraction of sp³-hybridized carbons (Fsp3) is 0.308. The first-order valence-corrected chi connectivity index (χ1v) is 8.42. The van der Waals surface area contributed by atoms with E-state index in [0.717, 1.165) is 15.6 Å². The molecule has 0 amide bonds. The summed E-state index contributed by atoms with van der Waals surface area (Å²) in [5.74, 6) is 0. The second kappa shape index (κ2) is 5.51. The predicted molar refractivity (Wildman–Crippen MR) is 81.2 cm³/mol. The Balaban J connectivity index is 2.29. The van der Waals surface area contributed by atoms with E-state index in [4.69, 9.17) is 5.73 Å². The van der Waals surface area contributed by atoms with E-state index < -0.39 is 10.0 Å². The fourth-order valence-electron chi connectivity index (χ4n) is 2.02. The molecule has 0 spiro atoms. The number of benzene rings is 1. The average molecular weight is 311 g/mol. The molecule has 1 unspecified atom stereocenters. The summed E-state index contributed by atoms with van der Waals surface area (Å²) < 4.78 is 27.3. The smallest absolute Gasteiger partial charge is 0.243 e. The minimum absolute atomic E-state index is 0.103. The van der Waals surface area contributed by atoms with Crippen molar-refractivity contribution in [2.24, 2.45) is 0 Å². The van der Waals surface area contributed by atoms with Crippen LogP contribution in [0.5, 0.6) is 0 Å².